The van der Waals surface area contributed by atoms with Crippen LogP contribution in [0.5, 0.6) is 0 Å². The van der Waals surface area contributed by atoms with Gasteiger partial charge in [-0.05, 0) is 35.7 Å². The van der Waals surface area contributed by atoms with E-state index in [0.717, 1.165) is 23.2 Å². The molecule has 2 aromatic rings. The fraction of sp³-hybridized carbons (Fsp3) is 0.250. The second-order valence-electron chi connectivity index (χ2n) is 5.08. The Balaban J connectivity index is 1.61. The average Bonchev–Trinajstić information content (AvgIpc) is 2.90. The van der Waals surface area contributed by atoms with Crippen LogP contribution in [0, 0.1) is 6.92 Å². The first-order valence-electron chi connectivity index (χ1n) is 6.75. The monoisotopic (exact) mass is 267 g/mol. The van der Waals surface area contributed by atoms with Crippen LogP contribution in [0.4, 0.5) is 5.69 Å². The van der Waals surface area contributed by atoms with Gasteiger partial charge in [0.25, 0.3) is 0 Å². The first-order chi connectivity index (χ1) is 9.74. The van der Waals surface area contributed by atoms with Crippen LogP contribution in [0.25, 0.3) is 0 Å². The van der Waals surface area contributed by atoms with E-state index >= 15 is 0 Å². The van der Waals surface area contributed by atoms with Crippen molar-refractivity contribution in [2.75, 3.05) is 5.32 Å². The number of anilines is 1. The fourth-order valence-electron chi connectivity index (χ4n) is 2.46. The van der Waals surface area contributed by atoms with Crippen molar-refractivity contribution in [1.29, 1.82) is 0 Å². The highest BCUT2D eigenvalue weighted by Crippen LogP contribution is 2.25. The molecule has 2 heterocycles. The highest BCUT2D eigenvalue weighted by molar-refractivity contribution is 5.87. The molecular weight excluding hydrogens is 250 g/mol. The van der Waals surface area contributed by atoms with Crippen molar-refractivity contribution in [2.24, 2.45) is 0 Å². The standard InChI is InChI=1S/C16H17N3O/c1-11-9-17-7-6-13(11)10-18-16(20)15-8-12-4-2-3-5-14(12)19-15/h2-7,9,15,19H,8,10H2,1H3,(H,18,20)/t15-/m0/s1. The molecule has 1 atom stereocenters. The molecule has 0 radical (unpaired) electrons. The zero-order valence-electron chi connectivity index (χ0n) is 11.4. The minimum absolute atomic E-state index is 0.0393. The van der Waals surface area contributed by atoms with Gasteiger partial charge in [-0.1, -0.05) is 18.2 Å². The number of hydrogen-bond donors (Lipinski definition) is 2. The van der Waals surface area contributed by atoms with Crippen molar-refractivity contribution in [2.45, 2.75) is 25.9 Å². The Morgan fingerprint density at radius 1 is 1.40 bits per heavy atom. The van der Waals surface area contributed by atoms with Crippen molar-refractivity contribution in [3.63, 3.8) is 0 Å². The second-order valence-corrected chi connectivity index (χ2v) is 5.08. The van der Waals surface area contributed by atoms with Gasteiger partial charge in [-0.15, -0.1) is 0 Å². The molecular formula is C16H17N3O. The summed E-state index contributed by atoms with van der Waals surface area (Å²) in [5, 5.41) is 6.25. The minimum atomic E-state index is -0.172. The summed E-state index contributed by atoms with van der Waals surface area (Å²) in [4.78, 5) is 16.3. The largest absolute Gasteiger partial charge is 0.373 e. The van der Waals surface area contributed by atoms with Gasteiger partial charge in [0.15, 0.2) is 0 Å². The van der Waals surface area contributed by atoms with E-state index in [2.05, 4.69) is 21.7 Å². The number of carbonyl (C=O) groups excluding carboxylic acids is 1. The van der Waals surface area contributed by atoms with E-state index < -0.39 is 0 Å². The molecule has 0 saturated heterocycles. The predicted molar refractivity (Wildman–Crippen MR) is 78.4 cm³/mol. The first-order valence-corrected chi connectivity index (χ1v) is 6.75. The number of aryl methyl sites for hydroxylation is 1. The topological polar surface area (TPSA) is 54.0 Å². The first kappa shape index (κ1) is 12.7. The lowest BCUT2D eigenvalue weighted by atomic mass is 10.1. The van der Waals surface area contributed by atoms with Crippen LogP contribution in [0.15, 0.2) is 42.7 Å². The van der Waals surface area contributed by atoms with E-state index in [-0.39, 0.29) is 11.9 Å². The maximum Gasteiger partial charge on any atom is 0.243 e. The number of nitrogens with one attached hydrogen (secondary N) is 2. The molecule has 0 aliphatic carbocycles. The van der Waals surface area contributed by atoms with Gasteiger partial charge in [-0.2, -0.15) is 0 Å². The molecule has 1 aromatic heterocycles. The number of carbonyl (C=O) groups is 1. The van der Waals surface area contributed by atoms with Gasteiger partial charge >= 0.3 is 0 Å². The van der Waals surface area contributed by atoms with Crippen molar-refractivity contribution in [3.8, 4) is 0 Å². The predicted octanol–water partition coefficient (Wildman–Crippen LogP) is 2.04. The van der Waals surface area contributed by atoms with Crippen molar-refractivity contribution in [3.05, 3.63) is 59.4 Å². The molecule has 0 fully saturated rings. The number of para-hydroxylation sites is 1. The normalized spacial score (nSPS) is 16.4. The molecule has 1 aromatic carbocycles. The summed E-state index contributed by atoms with van der Waals surface area (Å²) in [6.45, 7) is 2.54. The number of hydrogen-bond acceptors (Lipinski definition) is 3. The maximum atomic E-state index is 12.2. The van der Waals surface area contributed by atoms with E-state index in [1.54, 1.807) is 6.20 Å². The zero-order valence-corrected chi connectivity index (χ0v) is 11.4. The fourth-order valence-corrected chi connectivity index (χ4v) is 2.46. The summed E-state index contributed by atoms with van der Waals surface area (Å²) < 4.78 is 0. The molecule has 0 bridgehead atoms. The molecule has 2 N–H and O–H groups in total. The molecule has 4 heteroatoms. The van der Waals surface area contributed by atoms with E-state index in [4.69, 9.17) is 0 Å². The van der Waals surface area contributed by atoms with E-state index in [1.807, 2.05) is 37.4 Å². The Hall–Kier alpha value is -2.36. The number of fused-ring (bicyclic) bond motifs is 1. The number of nitrogens with zero attached hydrogens (tertiary/aromatic N) is 1. The Kier molecular flexibility index (Phi) is 3.37. The maximum absolute atomic E-state index is 12.2. The van der Waals surface area contributed by atoms with Crippen LogP contribution in [0.1, 0.15) is 16.7 Å². The third-order valence-corrected chi connectivity index (χ3v) is 3.68. The summed E-state index contributed by atoms with van der Waals surface area (Å²) >= 11 is 0. The molecule has 4 nitrogen and oxygen atoms in total. The number of rotatable bonds is 3. The van der Waals surface area contributed by atoms with E-state index in [1.165, 1.54) is 5.56 Å². The average molecular weight is 267 g/mol. The number of pyridine rings is 1. The number of aromatic nitrogens is 1. The van der Waals surface area contributed by atoms with Gasteiger partial charge in [0, 0.05) is 31.0 Å². The van der Waals surface area contributed by atoms with Crippen LogP contribution < -0.4 is 10.6 Å². The summed E-state index contributed by atoms with van der Waals surface area (Å²) in [7, 11) is 0. The molecule has 3 rings (SSSR count). The Bertz CT molecular complexity index is 614. The summed E-state index contributed by atoms with van der Waals surface area (Å²) in [6, 6.07) is 9.81. The Morgan fingerprint density at radius 2 is 2.25 bits per heavy atom. The third kappa shape index (κ3) is 2.50. The minimum Gasteiger partial charge on any atom is -0.373 e. The van der Waals surface area contributed by atoms with Crippen LogP contribution in [-0.4, -0.2) is 16.9 Å². The smallest absolute Gasteiger partial charge is 0.243 e. The van der Waals surface area contributed by atoms with Crippen LogP contribution in [0.3, 0.4) is 0 Å². The van der Waals surface area contributed by atoms with Crippen molar-refractivity contribution < 1.29 is 4.79 Å². The molecule has 1 aliphatic rings. The molecule has 20 heavy (non-hydrogen) atoms. The Labute approximate surface area is 118 Å². The van der Waals surface area contributed by atoms with Crippen LogP contribution in [0.2, 0.25) is 0 Å². The lowest BCUT2D eigenvalue weighted by Crippen LogP contribution is -2.38. The van der Waals surface area contributed by atoms with Crippen molar-refractivity contribution >= 4 is 11.6 Å². The molecule has 1 aliphatic heterocycles. The summed E-state index contributed by atoms with van der Waals surface area (Å²) in [5.41, 5.74) is 4.46. The van der Waals surface area contributed by atoms with Gasteiger partial charge in [-0.25, -0.2) is 0 Å². The zero-order chi connectivity index (χ0) is 13.9. The van der Waals surface area contributed by atoms with E-state index in [0.29, 0.717) is 6.54 Å². The number of amides is 1. The van der Waals surface area contributed by atoms with Gasteiger partial charge in [0.1, 0.15) is 6.04 Å². The molecule has 0 saturated carbocycles. The SMILES string of the molecule is Cc1cnccc1CNC(=O)[C@@H]1Cc2ccccc2N1. The van der Waals surface area contributed by atoms with E-state index in [9.17, 15) is 4.79 Å². The van der Waals surface area contributed by atoms with Gasteiger partial charge in [0.2, 0.25) is 5.91 Å². The molecule has 0 unspecified atom stereocenters. The highest BCUT2D eigenvalue weighted by Gasteiger charge is 2.25. The molecule has 0 spiro atoms. The highest BCUT2D eigenvalue weighted by atomic mass is 16.2. The van der Waals surface area contributed by atoms with Gasteiger partial charge in [-0.3, -0.25) is 9.78 Å². The quantitative estimate of drug-likeness (QED) is 0.895. The van der Waals surface area contributed by atoms with Crippen LogP contribution in [-0.2, 0) is 17.8 Å². The molecule has 102 valence electrons. The van der Waals surface area contributed by atoms with Crippen LogP contribution >= 0.6 is 0 Å². The second kappa shape index (κ2) is 5.33. The number of benzene rings is 1. The summed E-state index contributed by atoms with van der Waals surface area (Å²) in [5.74, 6) is 0.0393. The van der Waals surface area contributed by atoms with Gasteiger partial charge < -0.3 is 10.6 Å². The summed E-state index contributed by atoms with van der Waals surface area (Å²) in [6.07, 6.45) is 4.31. The molecule has 1 amide bonds. The van der Waals surface area contributed by atoms with Gasteiger partial charge in [0.05, 0.1) is 0 Å². The van der Waals surface area contributed by atoms with Crippen molar-refractivity contribution in [1.82, 2.24) is 10.3 Å². The lowest BCUT2D eigenvalue weighted by molar-refractivity contribution is -0.121. The Morgan fingerprint density at radius 3 is 3.05 bits per heavy atom. The third-order valence-electron chi connectivity index (χ3n) is 3.68. The lowest BCUT2D eigenvalue weighted by Gasteiger charge is -2.12.